The van der Waals surface area contributed by atoms with Crippen LogP contribution in [0.2, 0.25) is 0 Å². The molecule has 2 heterocycles. The zero-order chi connectivity index (χ0) is 13.3. The quantitative estimate of drug-likeness (QED) is 0.775. The van der Waals surface area contributed by atoms with Gasteiger partial charge in [-0.2, -0.15) is 11.8 Å². The molecule has 0 N–H and O–H groups in total. The molecule has 0 fully saturated rings. The molecule has 5 heteroatoms. The largest absolute Gasteiger partial charge is 0.335 e. The average molecular weight is 348 g/mol. The van der Waals surface area contributed by atoms with Crippen molar-refractivity contribution in [1.82, 2.24) is 4.90 Å². The third kappa shape index (κ3) is 2.78. The van der Waals surface area contributed by atoms with Gasteiger partial charge in [-0.15, -0.1) is 11.3 Å². The zero-order valence-electron chi connectivity index (χ0n) is 11.0. The van der Waals surface area contributed by atoms with Crippen LogP contribution in [0.15, 0.2) is 6.07 Å². The third-order valence-corrected chi connectivity index (χ3v) is 6.98. The molecule has 0 radical (unpaired) electrons. The van der Waals surface area contributed by atoms with E-state index in [1.54, 1.807) is 11.3 Å². The maximum atomic E-state index is 12.5. The van der Waals surface area contributed by atoms with Gasteiger partial charge >= 0.3 is 0 Å². The number of rotatable bonds is 3. The Kier molecular flexibility index (Phi) is 4.44. The molecular weight excluding hydrogens is 330 g/mol. The highest BCUT2D eigenvalue weighted by molar-refractivity contribution is 9.09. The lowest BCUT2D eigenvalue weighted by atomic mass is 10.1. The maximum Gasteiger partial charge on any atom is 0.264 e. The minimum atomic E-state index is -0.156. The lowest BCUT2D eigenvalue weighted by molar-refractivity contribution is 0.0668. The first-order valence-electron chi connectivity index (χ1n) is 5.99. The maximum absolute atomic E-state index is 12.5. The van der Waals surface area contributed by atoms with Crippen LogP contribution >= 0.6 is 39.0 Å². The topological polar surface area (TPSA) is 20.3 Å². The second kappa shape index (κ2) is 5.55. The Hall–Kier alpha value is -0.000000000000000111. The van der Waals surface area contributed by atoms with Crippen molar-refractivity contribution in [3.63, 3.8) is 0 Å². The Balaban J connectivity index is 2.21. The summed E-state index contributed by atoms with van der Waals surface area (Å²) in [6.07, 6.45) is 1.11. The van der Waals surface area contributed by atoms with E-state index in [4.69, 9.17) is 0 Å². The number of carbonyl (C=O) groups excluding carboxylic acids is 1. The number of hydrogen-bond acceptors (Lipinski definition) is 3. The van der Waals surface area contributed by atoms with Gasteiger partial charge in [0.15, 0.2) is 0 Å². The van der Waals surface area contributed by atoms with Crippen molar-refractivity contribution in [2.45, 2.75) is 31.6 Å². The first kappa shape index (κ1) is 14.4. The van der Waals surface area contributed by atoms with Gasteiger partial charge in [0.1, 0.15) is 0 Å². The van der Waals surface area contributed by atoms with Gasteiger partial charge in [0.2, 0.25) is 0 Å². The fourth-order valence-corrected chi connectivity index (χ4v) is 4.51. The standard InChI is InChI=1S/C13H18BrNOS2/c1-13(2,8-14)15(3)12(16)11-6-9-7-17-5-4-10(9)18-11/h6H,4-5,7-8H2,1-3H3. The van der Waals surface area contributed by atoms with Gasteiger partial charge in [0.25, 0.3) is 5.91 Å². The molecule has 18 heavy (non-hydrogen) atoms. The summed E-state index contributed by atoms with van der Waals surface area (Å²) < 4.78 is 0. The number of amides is 1. The Labute approximate surface area is 125 Å². The fourth-order valence-electron chi connectivity index (χ4n) is 1.78. The van der Waals surface area contributed by atoms with E-state index in [1.807, 2.05) is 23.7 Å². The molecular formula is C13H18BrNOS2. The summed E-state index contributed by atoms with van der Waals surface area (Å²) in [6.45, 7) is 4.14. The van der Waals surface area contributed by atoms with Crippen LogP contribution in [-0.4, -0.2) is 34.5 Å². The number of aryl methyl sites for hydroxylation is 1. The van der Waals surface area contributed by atoms with Gasteiger partial charge < -0.3 is 4.90 Å². The molecule has 0 unspecified atom stereocenters. The van der Waals surface area contributed by atoms with Gasteiger partial charge in [0.05, 0.1) is 4.88 Å². The average Bonchev–Trinajstić information content (AvgIpc) is 2.80. The van der Waals surface area contributed by atoms with Crippen LogP contribution in [0.1, 0.15) is 34.0 Å². The monoisotopic (exact) mass is 347 g/mol. The number of nitrogens with zero attached hydrogens (tertiary/aromatic N) is 1. The van der Waals surface area contributed by atoms with Crippen molar-refractivity contribution < 1.29 is 4.79 Å². The summed E-state index contributed by atoms with van der Waals surface area (Å²) >= 11 is 7.11. The predicted molar refractivity (Wildman–Crippen MR) is 84.2 cm³/mol. The molecule has 1 amide bonds. The van der Waals surface area contributed by atoms with Crippen molar-refractivity contribution in [1.29, 1.82) is 0 Å². The molecule has 1 aliphatic rings. The highest BCUT2D eigenvalue weighted by Crippen LogP contribution is 2.33. The zero-order valence-corrected chi connectivity index (χ0v) is 14.2. The van der Waals surface area contributed by atoms with Gasteiger partial charge in [-0.3, -0.25) is 4.79 Å². The molecule has 0 aliphatic carbocycles. The van der Waals surface area contributed by atoms with E-state index >= 15 is 0 Å². The summed E-state index contributed by atoms with van der Waals surface area (Å²) in [4.78, 5) is 16.6. The first-order valence-corrected chi connectivity index (χ1v) is 9.08. The molecule has 2 rings (SSSR count). The summed E-state index contributed by atoms with van der Waals surface area (Å²) in [5, 5.41) is 0.781. The fraction of sp³-hybridized carbons (Fsp3) is 0.615. The van der Waals surface area contributed by atoms with E-state index < -0.39 is 0 Å². The number of fused-ring (bicyclic) bond motifs is 1. The molecule has 0 bridgehead atoms. The molecule has 0 saturated carbocycles. The summed E-state index contributed by atoms with van der Waals surface area (Å²) in [6, 6.07) is 2.09. The number of hydrogen-bond donors (Lipinski definition) is 0. The normalized spacial score (nSPS) is 15.3. The van der Waals surface area contributed by atoms with Crippen molar-refractivity contribution in [3.05, 3.63) is 21.4 Å². The minimum absolute atomic E-state index is 0.142. The van der Waals surface area contributed by atoms with Crippen LogP contribution < -0.4 is 0 Å². The predicted octanol–water partition coefficient (Wildman–Crippen LogP) is 3.78. The summed E-state index contributed by atoms with van der Waals surface area (Å²) in [5.74, 6) is 2.39. The van der Waals surface area contributed by atoms with Crippen LogP contribution in [0.3, 0.4) is 0 Å². The van der Waals surface area contributed by atoms with E-state index in [0.29, 0.717) is 0 Å². The van der Waals surface area contributed by atoms with Gasteiger partial charge in [-0.1, -0.05) is 15.9 Å². The first-order chi connectivity index (χ1) is 8.45. The molecule has 1 aromatic heterocycles. The molecule has 0 saturated heterocycles. The van der Waals surface area contributed by atoms with Gasteiger partial charge in [-0.25, -0.2) is 0 Å². The van der Waals surface area contributed by atoms with Gasteiger partial charge in [-0.05, 0) is 37.7 Å². The molecule has 1 aromatic rings. The van der Waals surface area contributed by atoms with Gasteiger partial charge in [0, 0.05) is 28.5 Å². The van der Waals surface area contributed by atoms with Crippen molar-refractivity contribution in [3.8, 4) is 0 Å². The number of thiophene rings is 1. The van der Waals surface area contributed by atoms with Crippen LogP contribution in [0.25, 0.3) is 0 Å². The van der Waals surface area contributed by atoms with Crippen molar-refractivity contribution in [2.75, 3.05) is 18.1 Å². The van der Waals surface area contributed by atoms with Crippen molar-refractivity contribution in [2.24, 2.45) is 0 Å². The Bertz CT molecular complexity index is 432. The molecule has 0 spiro atoms. The highest BCUT2D eigenvalue weighted by atomic mass is 79.9. The second-order valence-electron chi connectivity index (χ2n) is 5.17. The lowest BCUT2D eigenvalue weighted by Gasteiger charge is -2.33. The third-order valence-electron chi connectivity index (χ3n) is 3.38. The van der Waals surface area contributed by atoms with Crippen LogP contribution in [0, 0.1) is 0 Å². The molecule has 100 valence electrons. The summed E-state index contributed by atoms with van der Waals surface area (Å²) in [7, 11) is 1.89. The number of thioether (sulfide) groups is 1. The van der Waals surface area contributed by atoms with E-state index in [2.05, 4.69) is 35.8 Å². The highest BCUT2D eigenvalue weighted by Gasteiger charge is 2.29. The van der Waals surface area contributed by atoms with Crippen molar-refractivity contribution >= 4 is 44.9 Å². The van der Waals surface area contributed by atoms with E-state index in [0.717, 1.165) is 22.4 Å². The van der Waals surface area contributed by atoms with E-state index in [1.165, 1.54) is 16.2 Å². The molecule has 2 nitrogen and oxygen atoms in total. The van der Waals surface area contributed by atoms with Crippen LogP contribution in [0.4, 0.5) is 0 Å². The molecule has 1 aliphatic heterocycles. The second-order valence-corrected chi connectivity index (χ2v) is 7.97. The number of halogens is 1. The van der Waals surface area contributed by atoms with Crippen LogP contribution in [0.5, 0.6) is 0 Å². The van der Waals surface area contributed by atoms with Crippen LogP contribution in [-0.2, 0) is 12.2 Å². The minimum Gasteiger partial charge on any atom is -0.335 e. The molecule has 0 atom stereocenters. The summed E-state index contributed by atoms with van der Waals surface area (Å²) in [5.41, 5.74) is 1.21. The molecule has 0 aromatic carbocycles. The Morgan fingerprint density at radius 3 is 2.89 bits per heavy atom. The number of carbonyl (C=O) groups is 1. The Morgan fingerprint density at radius 2 is 2.28 bits per heavy atom. The number of alkyl halides is 1. The van der Waals surface area contributed by atoms with E-state index in [-0.39, 0.29) is 11.4 Å². The smallest absolute Gasteiger partial charge is 0.264 e. The van der Waals surface area contributed by atoms with E-state index in [9.17, 15) is 4.79 Å². The Morgan fingerprint density at radius 1 is 1.56 bits per heavy atom. The lowest BCUT2D eigenvalue weighted by Crippen LogP contribution is -2.46. The SMILES string of the molecule is CN(C(=O)c1cc2c(s1)CCSC2)C(C)(C)CBr.